The van der Waals surface area contributed by atoms with E-state index >= 15 is 0 Å². The smallest absolute Gasteiger partial charge is 0.193 e. The molecule has 1 aliphatic rings. The van der Waals surface area contributed by atoms with E-state index in [0.29, 0.717) is 28.4 Å². The zero-order chi connectivity index (χ0) is 18.1. The molecular formula is C22H21ClO3. The SMILES string of the molecule is Cc1ccc(-c2cc(=O)c3cccc(Cl)c3o2)c(OCCCC2CC2)c1. The van der Waals surface area contributed by atoms with Crippen molar-refractivity contribution in [3.63, 3.8) is 0 Å². The van der Waals surface area contributed by atoms with E-state index < -0.39 is 0 Å². The molecule has 3 nitrogen and oxygen atoms in total. The molecule has 3 aromatic rings. The third kappa shape index (κ3) is 3.63. The van der Waals surface area contributed by atoms with Gasteiger partial charge < -0.3 is 9.15 Å². The summed E-state index contributed by atoms with van der Waals surface area (Å²) in [5.74, 6) is 2.12. The van der Waals surface area contributed by atoms with Gasteiger partial charge in [-0.05, 0) is 55.5 Å². The molecule has 0 aliphatic heterocycles. The number of para-hydroxylation sites is 1. The number of aryl methyl sites for hydroxylation is 1. The molecule has 0 unspecified atom stereocenters. The summed E-state index contributed by atoms with van der Waals surface area (Å²) < 4.78 is 12.0. The molecule has 0 bridgehead atoms. The van der Waals surface area contributed by atoms with Crippen LogP contribution in [0.4, 0.5) is 0 Å². The van der Waals surface area contributed by atoms with Crippen LogP contribution in [0.5, 0.6) is 5.75 Å². The molecule has 0 radical (unpaired) electrons. The van der Waals surface area contributed by atoms with E-state index in [9.17, 15) is 4.79 Å². The van der Waals surface area contributed by atoms with Crippen LogP contribution in [0, 0.1) is 12.8 Å². The van der Waals surface area contributed by atoms with Crippen molar-refractivity contribution >= 4 is 22.6 Å². The van der Waals surface area contributed by atoms with E-state index in [1.165, 1.54) is 25.3 Å². The molecule has 0 saturated heterocycles. The summed E-state index contributed by atoms with van der Waals surface area (Å²) in [5.41, 5.74) is 2.19. The van der Waals surface area contributed by atoms with E-state index in [0.717, 1.165) is 29.2 Å². The minimum Gasteiger partial charge on any atom is -0.493 e. The Kier molecular flexibility index (Phi) is 4.73. The summed E-state index contributed by atoms with van der Waals surface area (Å²) in [6.45, 7) is 2.69. The monoisotopic (exact) mass is 368 g/mol. The van der Waals surface area contributed by atoms with E-state index in [1.807, 2.05) is 25.1 Å². The van der Waals surface area contributed by atoms with Gasteiger partial charge in [0.1, 0.15) is 11.5 Å². The second kappa shape index (κ2) is 7.16. The lowest BCUT2D eigenvalue weighted by molar-refractivity contribution is 0.304. The van der Waals surface area contributed by atoms with Gasteiger partial charge in [0.25, 0.3) is 0 Å². The summed E-state index contributed by atoms with van der Waals surface area (Å²) in [7, 11) is 0. The summed E-state index contributed by atoms with van der Waals surface area (Å²) in [4.78, 5) is 12.5. The van der Waals surface area contributed by atoms with Crippen molar-refractivity contribution in [1.82, 2.24) is 0 Å². The van der Waals surface area contributed by atoms with Crippen LogP contribution < -0.4 is 10.2 Å². The average Bonchev–Trinajstić information content (AvgIpc) is 3.44. The van der Waals surface area contributed by atoms with Gasteiger partial charge >= 0.3 is 0 Å². The van der Waals surface area contributed by atoms with Crippen molar-refractivity contribution in [2.75, 3.05) is 6.61 Å². The zero-order valence-electron chi connectivity index (χ0n) is 14.8. The summed E-state index contributed by atoms with van der Waals surface area (Å²) >= 11 is 6.23. The third-order valence-electron chi connectivity index (χ3n) is 4.82. The predicted molar refractivity (Wildman–Crippen MR) is 105 cm³/mol. The first-order valence-corrected chi connectivity index (χ1v) is 9.46. The number of ether oxygens (including phenoxy) is 1. The van der Waals surface area contributed by atoms with Crippen LogP contribution in [0.15, 0.2) is 51.7 Å². The molecule has 1 heterocycles. The maximum atomic E-state index is 12.5. The zero-order valence-corrected chi connectivity index (χ0v) is 15.5. The molecule has 1 aliphatic carbocycles. The van der Waals surface area contributed by atoms with E-state index in [2.05, 4.69) is 0 Å². The number of halogens is 1. The van der Waals surface area contributed by atoms with Gasteiger partial charge in [-0.15, -0.1) is 0 Å². The topological polar surface area (TPSA) is 39.4 Å². The van der Waals surface area contributed by atoms with Gasteiger partial charge in [0.2, 0.25) is 0 Å². The van der Waals surface area contributed by atoms with Crippen LogP contribution in [0.3, 0.4) is 0 Å². The molecule has 0 amide bonds. The Morgan fingerprint density at radius 2 is 2.04 bits per heavy atom. The lowest BCUT2D eigenvalue weighted by atomic mass is 10.1. The van der Waals surface area contributed by atoms with Gasteiger partial charge in [0, 0.05) is 6.07 Å². The molecule has 0 spiro atoms. The molecule has 0 N–H and O–H groups in total. The average molecular weight is 369 g/mol. The lowest BCUT2D eigenvalue weighted by Crippen LogP contribution is -2.03. The van der Waals surface area contributed by atoms with Crippen molar-refractivity contribution < 1.29 is 9.15 Å². The van der Waals surface area contributed by atoms with Crippen LogP contribution in [0.25, 0.3) is 22.3 Å². The van der Waals surface area contributed by atoms with Gasteiger partial charge in [-0.25, -0.2) is 0 Å². The first-order valence-electron chi connectivity index (χ1n) is 9.08. The number of hydrogen-bond acceptors (Lipinski definition) is 3. The van der Waals surface area contributed by atoms with Crippen LogP contribution in [0.2, 0.25) is 5.02 Å². The van der Waals surface area contributed by atoms with Crippen molar-refractivity contribution in [2.45, 2.75) is 32.6 Å². The van der Waals surface area contributed by atoms with Crippen LogP contribution >= 0.6 is 11.6 Å². The Bertz CT molecular complexity index is 1000. The predicted octanol–water partition coefficient (Wildman–Crippen LogP) is 5.99. The van der Waals surface area contributed by atoms with E-state index in [1.54, 1.807) is 18.2 Å². The molecule has 4 rings (SSSR count). The maximum Gasteiger partial charge on any atom is 0.193 e. The van der Waals surface area contributed by atoms with Gasteiger partial charge in [0.05, 0.1) is 22.6 Å². The quantitative estimate of drug-likeness (QED) is 0.501. The molecule has 1 fully saturated rings. The lowest BCUT2D eigenvalue weighted by Gasteiger charge is -2.12. The highest BCUT2D eigenvalue weighted by molar-refractivity contribution is 6.34. The van der Waals surface area contributed by atoms with Gasteiger partial charge in [0.15, 0.2) is 11.0 Å². The maximum absolute atomic E-state index is 12.5. The number of fused-ring (bicyclic) bond motifs is 1. The van der Waals surface area contributed by atoms with E-state index in [4.69, 9.17) is 20.8 Å². The summed E-state index contributed by atoms with van der Waals surface area (Å²) in [6.07, 6.45) is 4.99. The molecule has 26 heavy (non-hydrogen) atoms. The van der Waals surface area contributed by atoms with Crippen LogP contribution in [-0.2, 0) is 0 Å². The Balaban J connectivity index is 1.69. The minimum absolute atomic E-state index is 0.107. The highest BCUT2D eigenvalue weighted by Crippen LogP contribution is 2.35. The molecule has 1 saturated carbocycles. The van der Waals surface area contributed by atoms with E-state index in [-0.39, 0.29) is 5.43 Å². The largest absolute Gasteiger partial charge is 0.493 e. The molecular weight excluding hydrogens is 348 g/mol. The molecule has 4 heteroatoms. The van der Waals surface area contributed by atoms with Gasteiger partial charge in [-0.2, -0.15) is 0 Å². The number of hydrogen-bond donors (Lipinski definition) is 0. The standard InChI is InChI=1S/C22H21ClO3/c1-14-7-10-17(20(12-14)25-11-3-4-15-8-9-15)21-13-19(24)16-5-2-6-18(23)22(16)26-21/h2,5-7,10,12-13,15H,3-4,8-9,11H2,1H3. The second-order valence-corrected chi connectivity index (χ2v) is 7.43. The Labute approximate surface area is 157 Å². The van der Waals surface area contributed by atoms with Crippen molar-refractivity contribution in [3.8, 4) is 17.1 Å². The van der Waals surface area contributed by atoms with Gasteiger partial charge in [-0.3, -0.25) is 4.79 Å². The molecule has 1 aromatic heterocycles. The van der Waals surface area contributed by atoms with Gasteiger partial charge in [-0.1, -0.05) is 36.6 Å². The summed E-state index contributed by atoms with van der Waals surface area (Å²) in [5, 5.41) is 0.917. The highest BCUT2D eigenvalue weighted by Gasteiger charge is 2.20. The first kappa shape index (κ1) is 17.2. The van der Waals surface area contributed by atoms with Crippen molar-refractivity contribution in [3.05, 3.63) is 63.3 Å². The molecule has 134 valence electrons. The number of benzene rings is 2. The third-order valence-corrected chi connectivity index (χ3v) is 5.12. The fraction of sp³-hybridized carbons (Fsp3) is 0.318. The summed E-state index contributed by atoms with van der Waals surface area (Å²) in [6, 6.07) is 12.6. The van der Waals surface area contributed by atoms with Crippen LogP contribution in [0.1, 0.15) is 31.2 Å². The Morgan fingerprint density at radius 3 is 2.85 bits per heavy atom. The highest BCUT2D eigenvalue weighted by atomic mass is 35.5. The van der Waals surface area contributed by atoms with Crippen molar-refractivity contribution in [2.24, 2.45) is 5.92 Å². The Hall–Kier alpha value is -2.26. The number of rotatable bonds is 6. The molecule has 2 aromatic carbocycles. The first-order chi connectivity index (χ1) is 12.6. The van der Waals surface area contributed by atoms with Crippen LogP contribution in [-0.4, -0.2) is 6.61 Å². The fourth-order valence-corrected chi connectivity index (χ4v) is 3.40. The van der Waals surface area contributed by atoms with Crippen molar-refractivity contribution in [1.29, 1.82) is 0 Å². The fourth-order valence-electron chi connectivity index (χ4n) is 3.19. The minimum atomic E-state index is -0.107. The molecule has 0 atom stereocenters. The Morgan fingerprint density at radius 1 is 1.19 bits per heavy atom. The normalized spacial score (nSPS) is 13.9. The second-order valence-electron chi connectivity index (χ2n) is 7.03.